The molecular weight excluding hydrogens is 292 g/mol. The molecule has 1 aliphatic carbocycles. The van der Waals surface area contributed by atoms with Crippen LogP contribution in [0.15, 0.2) is 48.0 Å². The third-order valence-corrected chi connectivity index (χ3v) is 6.71. The normalized spacial score (nSPS) is 14.1. The van der Waals surface area contributed by atoms with Gasteiger partial charge in [-0.25, -0.2) is 0 Å². The van der Waals surface area contributed by atoms with Gasteiger partial charge in [-0.2, -0.15) is 0 Å². The van der Waals surface area contributed by atoms with Gasteiger partial charge in [-0.15, -0.1) is 0 Å². The van der Waals surface area contributed by atoms with Crippen molar-refractivity contribution in [2.75, 3.05) is 0 Å². The van der Waals surface area contributed by atoms with E-state index >= 15 is 0 Å². The van der Waals surface area contributed by atoms with Gasteiger partial charge < -0.3 is 0 Å². The first-order valence-electron chi connectivity index (χ1n) is 8.77. The average Bonchev–Trinajstić information content (AvgIpc) is 2.87. The molecule has 0 nitrogen and oxygen atoms in total. The van der Waals surface area contributed by atoms with Crippen LogP contribution in [0, 0.1) is 5.92 Å². The monoisotopic (exact) mass is 320 g/mol. The molecule has 0 N–H and O–H groups in total. The van der Waals surface area contributed by atoms with Crippen molar-refractivity contribution < 1.29 is 0 Å². The van der Waals surface area contributed by atoms with Crippen LogP contribution in [0.3, 0.4) is 0 Å². The smallest absolute Gasteiger partial charge is 0.0656 e. The predicted octanol–water partition coefficient (Wildman–Crippen LogP) is 5.88. The molecule has 0 spiro atoms. The Morgan fingerprint density at radius 3 is 2.30 bits per heavy atom. The van der Waals surface area contributed by atoms with Crippen molar-refractivity contribution in [2.24, 2.45) is 5.92 Å². The molecule has 0 radical (unpaired) electrons. The van der Waals surface area contributed by atoms with Crippen molar-refractivity contribution >= 4 is 19.3 Å². The van der Waals surface area contributed by atoms with Gasteiger partial charge in [0.25, 0.3) is 0 Å². The molecule has 120 valence electrons. The second-order valence-corrected chi connectivity index (χ2v) is 13.3. The van der Waals surface area contributed by atoms with Gasteiger partial charge in [0.1, 0.15) is 0 Å². The molecule has 0 aliphatic heterocycles. The van der Waals surface area contributed by atoms with Gasteiger partial charge in [0, 0.05) is 0 Å². The van der Waals surface area contributed by atoms with Crippen LogP contribution in [0.5, 0.6) is 0 Å². The Labute approximate surface area is 142 Å². The van der Waals surface area contributed by atoms with Crippen molar-refractivity contribution in [1.29, 1.82) is 0 Å². The first kappa shape index (κ1) is 16.3. The van der Waals surface area contributed by atoms with Crippen LogP contribution < -0.4 is 5.19 Å². The van der Waals surface area contributed by atoms with E-state index < -0.39 is 8.07 Å². The molecular formula is C22H28Si. The largest absolute Gasteiger partial charge is 0.0784 e. The number of fused-ring (bicyclic) bond motifs is 1. The second kappa shape index (κ2) is 6.12. The Kier molecular flexibility index (Phi) is 4.33. The summed E-state index contributed by atoms with van der Waals surface area (Å²) in [4.78, 5) is 0. The Bertz CT molecular complexity index is 745. The summed E-state index contributed by atoms with van der Waals surface area (Å²) >= 11 is 0. The highest BCUT2D eigenvalue weighted by atomic mass is 28.3. The molecule has 2 aromatic rings. The first-order chi connectivity index (χ1) is 10.9. The second-order valence-electron chi connectivity index (χ2n) is 8.25. The summed E-state index contributed by atoms with van der Waals surface area (Å²) in [7, 11) is -1.36. The summed E-state index contributed by atoms with van der Waals surface area (Å²) in [6, 6.07) is 15.9. The summed E-state index contributed by atoms with van der Waals surface area (Å²) < 4.78 is 0. The molecule has 0 bridgehead atoms. The number of rotatable bonds is 4. The predicted molar refractivity (Wildman–Crippen MR) is 106 cm³/mol. The highest BCUT2D eigenvalue weighted by molar-refractivity contribution is 6.89. The Morgan fingerprint density at radius 1 is 0.913 bits per heavy atom. The summed E-state index contributed by atoms with van der Waals surface area (Å²) in [6.07, 6.45) is 4.81. The fourth-order valence-corrected chi connectivity index (χ4v) is 5.32. The van der Waals surface area contributed by atoms with Crippen molar-refractivity contribution in [3.8, 4) is 11.1 Å². The van der Waals surface area contributed by atoms with Gasteiger partial charge in [-0.05, 0) is 41.0 Å². The Morgan fingerprint density at radius 2 is 1.61 bits per heavy atom. The maximum atomic E-state index is 2.46. The lowest BCUT2D eigenvalue weighted by molar-refractivity contribution is 0.638. The van der Waals surface area contributed by atoms with E-state index in [1.807, 2.05) is 0 Å². The van der Waals surface area contributed by atoms with Crippen molar-refractivity contribution in [2.45, 2.75) is 46.3 Å². The molecule has 0 saturated heterocycles. The maximum Gasteiger partial charge on any atom is 0.0784 e. The summed E-state index contributed by atoms with van der Waals surface area (Å²) in [5.74, 6) is 0.730. The van der Waals surface area contributed by atoms with Crippen LogP contribution in [0.25, 0.3) is 17.2 Å². The van der Waals surface area contributed by atoms with Gasteiger partial charge in [0.15, 0.2) is 0 Å². The number of hydrogen-bond donors (Lipinski definition) is 0. The molecule has 0 aromatic heterocycles. The summed E-state index contributed by atoms with van der Waals surface area (Å²) in [5, 5.41) is 1.57. The standard InChI is InChI=1S/C22H28Si/c1-16(2)13-17-14-18-9-8-11-19(21(18)15-17)20-10-6-7-12-22(20)23(3,4)5/h6-12,15-16H,13-14H2,1-5H3. The van der Waals surface area contributed by atoms with Crippen LogP contribution in [0.4, 0.5) is 0 Å². The van der Waals surface area contributed by atoms with Gasteiger partial charge in [-0.3, -0.25) is 0 Å². The minimum atomic E-state index is -1.36. The maximum absolute atomic E-state index is 2.46. The minimum absolute atomic E-state index is 0.730. The average molecular weight is 321 g/mol. The molecule has 0 unspecified atom stereocenters. The molecule has 0 amide bonds. The third kappa shape index (κ3) is 3.35. The van der Waals surface area contributed by atoms with Crippen molar-refractivity contribution in [3.05, 3.63) is 59.2 Å². The number of hydrogen-bond acceptors (Lipinski definition) is 0. The minimum Gasteiger partial charge on any atom is -0.0656 e. The highest BCUT2D eigenvalue weighted by Crippen LogP contribution is 2.35. The van der Waals surface area contributed by atoms with E-state index in [9.17, 15) is 0 Å². The third-order valence-electron chi connectivity index (χ3n) is 4.66. The van der Waals surface area contributed by atoms with Gasteiger partial charge >= 0.3 is 0 Å². The van der Waals surface area contributed by atoms with E-state index in [0.29, 0.717) is 0 Å². The van der Waals surface area contributed by atoms with Crippen LogP contribution in [0.2, 0.25) is 19.6 Å². The lowest BCUT2D eigenvalue weighted by Gasteiger charge is -2.22. The lowest BCUT2D eigenvalue weighted by Crippen LogP contribution is -2.38. The van der Waals surface area contributed by atoms with Crippen LogP contribution in [-0.4, -0.2) is 8.07 Å². The van der Waals surface area contributed by atoms with E-state index in [4.69, 9.17) is 0 Å². The summed E-state index contributed by atoms with van der Waals surface area (Å²) in [5.41, 5.74) is 7.44. The topological polar surface area (TPSA) is 0 Å². The SMILES string of the molecule is CC(C)CC1=Cc2c(cccc2-c2ccccc2[Si](C)(C)C)C1. The quantitative estimate of drug-likeness (QED) is 0.617. The van der Waals surface area contributed by atoms with E-state index in [2.05, 4.69) is 82.0 Å². The van der Waals surface area contributed by atoms with Crippen LogP contribution in [-0.2, 0) is 6.42 Å². The molecule has 0 atom stereocenters. The molecule has 23 heavy (non-hydrogen) atoms. The van der Waals surface area contributed by atoms with Gasteiger partial charge in [0.2, 0.25) is 0 Å². The van der Waals surface area contributed by atoms with E-state index in [-0.39, 0.29) is 0 Å². The number of benzene rings is 2. The molecule has 1 aliphatic rings. The number of allylic oxidation sites excluding steroid dienone is 1. The molecule has 2 aromatic carbocycles. The molecule has 0 fully saturated rings. The van der Waals surface area contributed by atoms with Crippen LogP contribution in [0.1, 0.15) is 31.4 Å². The summed E-state index contributed by atoms with van der Waals surface area (Å²) in [6.45, 7) is 11.9. The lowest BCUT2D eigenvalue weighted by atomic mass is 9.97. The van der Waals surface area contributed by atoms with Crippen molar-refractivity contribution in [3.63, 3.8) is 0 Å². The first-order valence-corrected chi connectivity index (χ1v) is 12.3. The zero-order chi connectivity index (χ0) is 16.6. The molecule has 1 heteroatoms. The highest BCUT2D eigenvalue weighted by Gasteiger charge is 2.23. The Hall–Kier alpha value is -1.60. The van der Waals surface area contributed by atoms with Crippen molar-refractivity contribution in [1.82, 2.24) is 0 Å². The molecule has 3 rings (SSSR count). The van der Waals surface area contributed by atoms with E-state index in [1.54, 1.807) is 10.8 Å². The van der Waals surface area contributed by atoms with E-state index in [1.165, 1.54) is 28.7 Å². The van der Waals surface area contributed by atoms with Gasteiger partial charge in [-0.1, -0.05) is 92.8 Å². The molecule has 0 saturated carbocycles. The van der Waals surface area contributed by atoms with Gasteiger partial charge in [0.05, 0.1) is 8.07 Å². The Balaban J connectivity index is 2.11. The fourth-order valence-electron chi connectivity index (χ4n) is 3.70. The van der Waals surface area contributed by atoms with E-state index in [0.717, 1.165) is 12.3 Å². The van der Waals surface area contributed by atoms with Crippen LogP contribution >= 0.6 is 0 Å². The zero-order valence-electron chi connectivity index (χ0n) is 15.1. The molecule has 0 heterocycles. The fraction of sp³-hybridized carbons (Fsp3) is 0.364. The zero-order valence-corrected chi connectivity index (χ0v) is 16.1.